The second-order valence-electron chi connectivity index (χ2n) is 7.75. The van der Waals surface area contributed by atoms with E-state index in [1.807, 2.05) is 59.2 Å². The number of carboxylic acid groups (broad SMARTS) is 1. The van der Waals surface area contributed by atoms with Gasteiger partial charge in [0, 0.05) is 18.9 Å². The number of carbonyl (C=O) groups is 3. The Bertz CT molecular complexity index is 1010. The Morgan fingerprint density at radius 2 is 1.50 bits per heavy atom. The molecule has 0 radical (unpaired) electrons. The summed E-state index contributed by atoms with van der Waals surface area (Å²) in [5.41, 5.74) is 3.72. The number of aliphatic hydroxyl groups is 1. The molecule has 182 valence electrons. The van der Waals surface area contributed by atoms with Crippen LogP contribution in [0.5, 0.6) is 0 Å². The first-order valence-electron chi connectivity index (χ1n) is 10.4. The van der Waals surface area contributed by atoms with Crippen LogP contribution in [0.2, 0.25) is 0 Å². The number of aliphatic carboxylic acids is 1. The number of aliphatic hydroxyl groups excluding tert-OH is 1. The molecule has 0 saturated heterocycles. The van der Waals surface area contributed by atoms with Crippen molar-refractivity contribution in [2.24, 2.45) is 0 Å². The van der Waals surface area contributed by atoms with E-state index in [2.05, 4.69) is 0 Å². The van der Waals surface area contributed by atoms with Gasteiger partial charge in [0.05, 0.1) is 6.42 Å². The Hall–Kier alpha value is -3.60. The molecular formula is C23H23F3N2O6. The average Bonchev–Trinajstić information content (AvgIpc) is 3.09. The van der Waals surface area contributed by atoms with E-state index < -0.39 is 55.7 Å². The van der Waals surface area contributed by atoms with E-state index >= 15 is 0 Å². The van der Waals surface area contributed by atoms with Gasteiger partial charge in [0.2, 0.25) is 5.91 Å². The second-order valence-corrected chi connectivity index (χ2v) is 7.75. The Morgan fingerprint density at radius 3 is 2.00 bits per heavy atom. The normalized spacial score (nSPS) is 14.5. The molecule has 0 fully saturated rings. The summed E-state index contributed by atoms with van der Waals surface area (Å²) in [5.74, 6) is -3.23. The molecule has 34 heavy (non-hydrogen) atoms. The first kappa shape index (κ1) is 25.0. The summed E-state index contributed by atoms with van der Waals surface area (Å²) in [6, 6.07) is 11.2. The van der Waals surface area contributed by atoms with Crippen LogP contribution in [0.25, 0.3) is 11.1 Å². The monoisotopic (exact) mass is 480 g/mol. The summed E-state index contributed by atoms with van der Waals surface area (Å²) in [5, 5.41) is 21.7. The first-order valence-corrected chi connectivity index (χ1v) is 10.4. The molecule has 2 aromatic rings. The maximum Gasteiger partial charge on any atom is 0.407 e. The van der Waals surface area contributed by atoms with Crippen molar-refractivity contribution in [3.05, 3.63) is 59.7 Å². The van der Waals surface area contributed by atoms with Crippen molar-refractivity contribution in [3.63, 3.8) is 0 Å². The molecule has 8 nitrogen and oxygen atoms in total. The summed E-state index contributed by atoms with van der Waals surface area (Å²) in [4.78, 5) is 35.8. The lowest BCUT2D eigenvalue weighted by Crippen LogP contribution is -2.53. The third-order valence-corrected chi connectivity index (χ3v) is 5.42. The van der Waals surface area contributed by atoms with E-state index in [-0.39, 0.29) is 12.5 Å². The summed E-state index contributed by atoms with van der Waals surface area (Å²) in [7, 11) is 0. The van der Waals surface area contributed by atoms with Crippen molar-refractivity contribution in [2.75, 3.05) is 13.2 Å². The van der Waals surface area contributed by atoms with Gasteiger partial charge in [-0.2, -0.15) is 13.2 Å². The maximum absolute atomic E-state index is 13.0. The molecule has 4 N–H and O–H groups in total. The van der Waals surface area contributed by atoms with E-state index in [9.17, 15) is 27.6 Å². The number of hydrogen-bond acceptors (Lipinski definition) is 5. The van der Waals surface area contributed by atoms with Crippen LogP contribution < -0.4 is 10.6 Å². The summed E-state index contributed by atoms with van der Waals surface area (Å²) in [6.45, 7) is -0.788. The standard InChI is InChI=1S/C23H23F3N2O6/c24-23(25,26)11-19(20(30)27-18(9-10-29)21(31)32)28-22(33)34-12-17-15-7-3-1-5-13(15)14-6-2-4-8-16(14)17/h1-8,17-19,29H,9-12H2,(H,27,30)(H,28,33)(H,31,32)/t18-,19?/m0/s1. The molecule has 3 rings (SSSR count). The van der Waals surface area contributed by atoms with Gasteiger partial charge in [0.1, 0.15) is 18.7 Å². The lowest BCUT2D eigenvalue weighted by Gasteiger charge is -2.22. The number of carbonyl (C=O) groups excluding carboxylic acids is 2. The fourth-order valence-corrected chi connectivity index (χ4v) is 3.88. The van der Waals surface area contributed by atoms with Crippen LogP contribution >= 0.6 is 0 Å². The number of alkyl halides is 3. The van der Waals surface area contributed by atoms with Gasteiger partial charge >= 0.3 is 18.2 Å². The molecular weight excluding hydrogens is 457 g/mol. The highest BCUT2D eigenvalue weighted by atomic mass is 19.4. The number of ether oxygens (including phenoxy) is 1. The summed E-state index contributed by atoms with van der Waals surface area (Å²) >= 11 is 0. The second kappa shape index (κ2) is 10.6. The minimum atomic E-state index is -4.83. The van der Waals surface area contributed by atoms with Crippen molar-refractivity contribution in [2.45, 2.75) is 37.0 Å². The largest absolute Gasteiger partial charge is 0.480 e. The van der Waals surface area contributed by atoms with Crippen molar-refractivity contribution < 1.29 is 42.5 Å². The van der Waals surface area contributed by atoms with Crippen molar-refractivity contribution in [1.29, 1.82) is 0 Å². The van der Waals surface area contributed by atoms with Crippen LogP contribution in [0.15, 0.2) is 48.5 Å². The Morgan fingerprint density at radius 1 is 0.941 bits per heavy atom. The molecule has 11 heteroatoms. The predicted molar refractivity (Wildman–Crippen MR) is 114 cm³/mol. The van der Waals surface area contributed by atoms with Crippen molar-refractivity contribution >= 4 is 18.0 Å². The molecule has 1 unspecified atom stereocenters. The quantitative estimate of drug-likeness (QED) is 0.438. The number of amides is 2. The Balaban J connectivity index is 1.69. The van der Waals surface area contributed by atoms with Gasteiger partial charge in [0.15, 0.2) is 0 Å². The SMILES string of the molecule is O=C(NC(CC(F)(F)F)C(=O)N[C@@H](CCO)C(=O)O)OCC1c2ccccc2-c2ccccc21. The van der Waals surface area contributed by atoms with Crippen LogP contribution in [0.3, 0.4) is 0 Å². The molecule has 1 aliphatic rings. The summed E-state index contributed by atoms with van der Waals surface area (Å²) < 4.78 is 44.2. The van der Waals surface area contributed by atoms with E-state index in [0.29, 0.717) is 0 Å². The first-order chi connectivity index (χ1) is 16.1. The molecule has 0 bridgehead atoms. The minimum absolute atomic E-state index is 0.178. The van der Waals surface area contributed by atoms with Crippen LogP contribution in [0.1, 0.15) is 29.9 Å². The number of carboxylic acids is 1. The minimum Gasteiger partial charge on any atom is -0.480 e. The zero-order chi connectivity index (χ0) is 24.9. The van der Waals surface area contributed by atoms with Crippen molar-refractivity contribution in [1.82, 2.24) is 10.6 Å². The topological polar surface area (TPSA) is 125 Å². The van der Waals surface area contributed by atoms with Gasteiger partial charge in [-0.05, 0) is 22.3 Å². The molecule has 1 aliphatic carbocycles. The number of alkyl carbamates (subject to hydrolysis) is 1. The number of hydrogen-bond donors (Lipinski definition) is 4. The van der Waals surface area contributed by atoms with Crippen LogP contribution in [-0.2, 0) is 14.3 Å². The van der Waals surface area contributed by atoms with Gasteiger partial charge < -0.3 is 25.6 Å². The lowest BCUT2D eigenvalue weighted by atomic mass is 9.98. The van der Waals surface area contributed by atoms with E-state index in [4.69, 9.17) is 14.9 Å². The maximum atomic E-state index is 13.0. The van der Waals surface area contributed by atoms with E-state index in [0.717, 1.165) is 22.3 Å². The predicted octanol–water partition coefficient (Wildman–Crippen LogP) is 2.80. The van der Waals surface area contributed by atoms with Gasteiger partial charge in [-0.3, -0.25) is 4.79 Å². The number of fused-ring (bicyclic) bond motifs is 3. The van der Waals surface area contributed by atoms with Crippen molar-refractivity contribution in [3.8, 4) is 11.1 Å². The number of benzene rings is 2. The van der Waals surface area contributed by atoms with Crippen LogP contribution in [-0.4, -0.2) is 59.7 Å². The molecule has 2 aromatic carbocycles. The van der Waals surface area contributed by atoms with Gasteiger partial charge in [-0.15, -0.1) is 0 Å². The van der Waals surface area contributed by atoms with Gasteiger partial charge in [-0.25, -0.2) is 9.59 Å². The highest BCUT2D eigenvalue weighted by molar-refractivity contribution is 5.89. The molecule has 0 saturated carbocycles. The third-order valence-electron chi connectivity index (χ3n) is 5.42. The number of rotatable bonds is 9. The molecule has 0 spiro atoms. The van der Waals surface area contributed by atoms with Crippen LogP contribution in [0.4, 0.5) is 18.0 Å². The fourth-order valence-electron chi connectivity index (χ4n) is 3.88. The third kappa shape index (κ3) is 6.04. The van der Waals surface area contributed by atoms with Crippen LogP contribution in [0, 0.1) is 0 Å². The van der Waals surface area contributed by atoms with E-state index in [1.165, 1.54) is 0 Å². The highest BCUT2D eigenvalue weighted by Gasteiger charge is 2.38. The lowest BCUT2D eigenvalue weighted by molar-refractivity contribution is -0.151. The smallest absolute Gasteiger partial charge is 0.407 e. The number of nitrogens with one attached hydrogen (secondary N) is 2. The highest BCUT2D eigenvalue weighted by Crippen LogP contribution is 2.44. The fraction of sp³-hybridized carbons (Fsp3) is 0.348. The molecule has 2 amide bonds. The zero-order valence-corrected chi connectivity index (χ0v) is 17.8. The van der Waals surface area contributed by atoms with Gasteiger partial charge in [-0.1, -0.05) is 48.5 Å². The van der Waals surface area contributed by atoms with Gasteiger partial charge in [0.25, 0.3) is 0 Å². The molecule has 2 atom stereocenters. The zero-order valence-electron chi connectivity index (χ0n) is 17.8. The summed E-state index contributed by atoms with van der Waals surface area (Å²) in [6.07, 6.45) is -8.21. The Kier molecular flexibility index (Phi) is 7.77. The molecule has 0 aliphatic heterocycles. The van der Waals surface area contributed by atoms with E-state index in [1.54, 1.807) is 0 Å². The molecule has 0 heterocycles. The number of halogens is 3. The molecule has 0 aromatic heterocycles. The average molecular weight is 480 g/mol. The Labute approximate surface area is 192 Å².